The molecule has 20 heavy (non-hydrogen) atoms. The molecule has 0 aliphatic carbocycles. The summed E-state index contributed by atoms with van der Waals surface area (Å²) in [5, 5.41) is 10.5. The Morgan fingerprint density at radius 2 is 1.85 bits per heavy atom. The van der Waals surface area contributed by atoms with Gasteiger partial charge < -0.3 is 9.84 Å². The quantitative estimate of drug-likeness (QED) is 0.794. The number of rotatable bonds is 4. The fourth-order valence-electron chi connectivity index (χ4n) is 3.50. The molecule has 6 heteroatoms. The van der Waals surface area contributed by atoms with Gasteiger partial charge in [-0.25, -0.2) is 4.90 Å². The number of hydrogen-bond acceptors (Lipinski definition) is 6. The zero-order valence-electron chi connectivity index (χ0n) is 12.4. The summed E-state index contributed by atoms with van der Waals surface area (Å²) < 4.78 is 5.91. The molecule has 0 aromatic heterocycles. The molecule has 3 heterocycles. The van der Waals surface area contributed by atoms with E-state index in [1.54, 1.807) is 0 Å². The van der Waals surface area contributed by atoms with E-state index in [0.717, 1.165) is 24.6 Å². The molecule has 116 valence electrons. The van der Waals surface area contributed by atoms with Gasteiger partial charge in [-0.1, -0.05) is 0 Å². The monoisotopic (exact) mass is 318 g/mol. The Kier molecular flexibility index (Phi) is 5.21. The van der Waals surface area contributed by atoms with Gasteiger partial charge in [0.2, 0.25) is 6.41 Å². The predicted octanol–water partition coefficient (Wildman–Crippen LogP) is 1.64. The van der Waals surface area contributed by atoms with E-state index < -0.39 is 6.41 Å². The lowest BCUT2D eigenvalue weighted by Gasteiger charge is -2.44. The van der Waals surface area contributed by atoms with Crippen LogP contribution < -0.4 is 0 Å². The maximum Gasteiger partial charge on any atom is 0.217 e. The average molecular weight is 319 g/mol. The molecule has 0 spiro atoms. The number of nitrogens with zero attached hydrogens (tertiary/aromatic N) is 2. The van der Waals surface area contributed by atoms with Crippen molar-refractivity contribution in [2.24, 2.45) is 0 Å². The van der Waals surface area contributed by atoms with Crippen molar-refractivity contribution in [1.82, 2.24) is 9.80 Å². The van der Waals surface area contributed by atoms with Gasteiger partial charge in [0.15, 0.2) is 0 Å². The van der Waals surface area contributed by atoms with Gasteiger partial charge in [-0.15, -0.1) is 11.8 Å². The van der Waals surface area contributed by atoms with E-state index >= 15 is 0 Å². The predicted molar refractivity (Wildman–Crippen MR) is 86.0 cm³/mol. The van der Waals surface area contributed by atoms with Crippen LogP contribution >= 0.6 is 23.5 Å². The van der Waals surface area contributed by atoms with Crippen molar-refractivity contribution >= 4 is 23.5 Å². The normalized spacial score (nSPS) is 37.5. The summed E-state index contributed by atoms with van der Waals surface area (Å²) in [7, 11) is 0. The highest BCUT2D eigenvalue weighted by molar-refractivity contribution is 8.06. The lowest BCUT2D eigenvalue weighted by molar-refractivity contribution is -0.223. The smallest absolute Gasteiger partial charge is 0.217 e. The maximum absolute atomic E-state index is 10.5. The molecule has 0 saturated carbocycles. The first-order chi connectivity index (χ1) is 9.65. The molecular formula is C14H26N2O2S2. The minimum atomic E-state index is -0.710. The Hall–Kier alpha value is 0.540. The molecule has 0 aromatic carbocycles. The Bertz CT molecular complexity index is 312. The molecule has 4 atom stereocenters. The summed E-state index contributed by atoms with van der Waals surface area (Å²) in [6, 6.07) is 1.53. The average Bonchev–Trinajstić information content (AvgIpc) is 2.70. The number of ether oxygens (including phenoxy) is 1. The third-order valence-corrected chi connectivity index (χ3v) is 7.20. The van der Waals surface area contributed by atoms with Gasteiger partial charge in [0.1, 0.15) is 5.44 Å². The highest BCUT2D eigenvalue weighted by Crippen LogP contribution is 2.34. The van der Waals surface area contributed by atoms with E-state index in [1.165, 1.54) is 18.6 Å². The zero-order valence-corrected chi connectivity index (χ0v) is 14.0. The topological polar surface area (TPSA) is 35.9 Å². The molecule has 2 bridgehead atoms. The van der Waals surface area contributed by atoms with E-state index in [4.69, 9.17) is 4.74 Å². The number of aliphatic hydroxyl groups is 1. The van der Waals surface area contributed by atoms with Crippen LogP contribution in [-0.2, 0) is 4.74 Å². The van der Waals surface area contributed by atoms with Gasteiger partial charge in [-0.05, 0) is 26.7 Å². The van der Waals surface area contributed by atoms with Crippen LogP contribution in [0.1, 0.15) is 26.7 Å². The maximum atomic E-state index is 10.5. The number of hydrogen-bond donors (Lipinski definition) is 1. The minimum Gasteiger partial charge on any atom is -0.356 e. The Balaban J connectivity index is 1.57. The molecule has 0 amide bonds. The van der Waals surface area contributed by atoms with Gasteiger partial charge in [-0.2, -0.15) is 11.8 Å². The molecular weight excluding hydrogens is 292 g/mol. The molecule has 0 aromatic rings. The molecule has 0 radical (unpaired) electrons. The summed E-state index contributed by atoms with van der Waals surface area (Å²) in [5.74, 6) is 3.35. The summed E-state index contributed by atoms with van der Waals surface area (Å²) in [4.78, 5) is 4.77. The van der Waals surface area contributed by atoms with Crippen LogP contribution in [0, 0.1) is 0 Å². The third kappa shape index (κ3) is 3.31. The van der Waals surface area contributed by atoms with Crippen molar-refractivity contribution in [3.8, 4) is 0 Å². The van der Waals surface area contributed by atoms with E-state index in [-0.39, 0.29) is 5.44 Å². The standard InChI is InChI=1S/C14H26N2O2S2/c1-10(2)15-7-11-3-4-12(8-15)16(11)14(17)18-13-9-19-5-6-20-13/h10-14,17H,3-9H2,1-2H3. The van der Waals surface area contributed by atoms with E-state index in [9.17, 15) is 5.11 Å². The number of fused-ring (bicyclic) bond motifs is 2. The molecule has 3 saturated heterocycles. The first kappa shape index (κ1) is 15.4. The van der Waals surface area contributed by atoms with E-state index in [1.807, 2.05) is 23.5 Å². The van der Waals surface area contributed by atoms with Gasteiger partial charge in [0.05, 0.1) is 0 Å². The molecule has 3 rings (SSSR count). The molecule has 1 N–H and O–H groups in total. The second kappa shape index (κ2) is 6.75. The largest absolute Gasteiger partial charge is 0.356 e. The SMILES string of the molecule is CC(C)N1CC2CCC(C1)N2C(O)OC1CSCCS1. The lowest BCUT2D eigenvalue weighted by atomic mass is 10.1. The second-order valence-electron chi connectivity index (χ2n) is 6.22. The lowest BCUT2D eigenvalue weighted by Crippen LogP contribution is -2.59. The van der Waals surface area contributed by atoms with E-state index in [0.29, 0.717) is 18.1 Å². The number of piperazine rings is 1. The summed E-state index contributed by atoms with van der Waals surface area (Å²) in [6.07, 6.45) is 1.68. The summed E-state index contributed by atoms with van der Waals surface area (Å²) in [6.45, 7) is 6.66. The van der Waals surface area contributed by atoms with Crippen molar-refractivity contribution in [1.29, 1.82) is 0 Å². The molecule has 3 aliphatic rings. The van der Waals surface area contributed by atoms with Crippen molar-refractivity contribution in [3.05, 3.63) is 0 Å². The van der Waals surface area contributed by atoms with Crippen LogP contribution in [0.4, 0.5) is 0 Å². The highest BCUT2D eigenvalue weighted by Gasteiger charge is 2.44. The highest BCUT2D eigenvalue weighted by atomic mass is 32.2. The number of aliphatic hydroxyl groups excluding tert-OH is 1. The van der Waals surface area contributed by atoms with Crippen molar-refractivity contribution in [2.45, 2.75) is 56.7 Å². The number of likely N-dealkylation sites (tertiary alicyclic amines) is 1. The second-order valence-corrected chi connectivity index (χ2v) is 8.63. The fraction of sp³-hybridized carbons (Fsp3) is 1.00. The molecule has 4 unspecified atom stereocenters. The van der Waals surface area contributed by atoms with Crippen LogP contribution in [0.15, 0.2) is 0 Å². The Morgan fingerprint density at radius 1 is 1.15 bits per heavy atom. The zero-order chi connectivity index (χ0) is 14.1. The van der Waals surface area contributed by atoms with Gasteiger partial charge >= 0.3 is 0 Å². The fourth-order valence-corrected chi connectivity index (χ4v) is 5.91. The molecule has 3 aliphatic heterocycles. The Labute approximate surface area is 130 Å². The van der Waals surface area contributed by atoms with Crippen LogP contribution in [0.2, 0.25) is 0 Å². The van der Waals surface area contributed by atoms with Crippen LogP contribution in [-0.4, -0.2) is 75.2 Å². The first-order valence-electron chi connectivity index (χ1n) is 7.69. The molecule has 3 fully saturated rings. The summed E-state index contributed by atoms with van der Waals surface area (Å²) >= 11 is 3.77. The van der Waals surface area contributed by atoms with Crippen molar-refractivity contribution < 1.29 is 9.84 Å². The van der Waals surface area contributed by atoms with Crippen LogP contribution in [0.3, 0.4) is 0 Å². The van der Waals surface area contributed by atoms with Crippen molar-refractivity contribution in [2.75, 3.05) is 30.3 Å². The minimum absolute atomic E-state index is 0.159. The Morgan fingerprint density at radius 3 is 2.40 bits per heavy atom. The van der Waals surface area contributed by atoms with Crippen LogP contribution in [0.25, 0.3) is 0 Å². The van der Waals surface area contributed by atoms with E-state index in [2.05, 4.69) is 23.6 Å². The van der Waals surface area contributed by atoms with Crippen molar-refractivity contribution in [3.63, 3.8) is 0 Å². The van der Waals surface area contributed by atoms with Gasteiger partial charge in [0.25, 0.3) is 0 Å². The first-order valence-corrected chi connectivity index (χ1v) is 9.90. The van der Waals surface area contributed by atoms with Gasteiger partial charge in [0, 0.05) is 48.5 Å². The third-order valence-electron chi connectivity index (χ3n) is 4.61. The summed E-state index contributed by atoms with van der Waals surface area (Å²) in [5.41, 5.74) is 0.159. The van der Waals surface area contributed by atoms with Crippen LogP contribution in [0.5, 0.6) is 0 Å². The van der Waals surface area contributed by atoms with Gasteiger partial charge in [-0.3, -0.25) is 4.90 Å². The number of thioether (sulfide) groups is 2. The molecule has 4 nitrogen and oxygen atoms in total.